The standard InChI is InChI=1S/C23H27NO7/c1-2-29-21(25)9-6-14-30-19-12-10-17(11-13-19)15-20(22(26)27)24-23(28)31-16-18-7-4-3-5-8-18/h3-5,7-8,10-13,20H,2,6,9,14-16H2,1H3,(H,24,28)(H,26,27)/t20-/m0/s1. The van der Waals surface area contributed by atoms with Crippen molar-refractivity contribution in [3.8, 4) is 5.75 Å². The number of aliphatic carboxylic acids is 1. The Morgan fingerprint density at radius 3 is 2.32 bits per heavy atom. The van der Waals surface area contributed by atoms with Crippen LogP contribution in [-0.2, 0) is 32.1 Å². The molecule has 0 aliphatic rings. The van der Waals surface area contributed by atoms with Gasteiger partial charge in [-0.3, -0.25) is 4.79 Å². The van der Waals surface area contributed by atoms with E-state index in [1.165, 1.54) is 0 Å². The number of esters is 1. The van der Waals surface area contributed by atoms with Crippen LogP contribution in [0.2, 0.25) is 0 Å². The van der Waals surface area contributed by atoms with Gasteiger partial charge in [0.05, 0.1) is 13.2 Å². The summed E-state index contributed by atoms with van der Waals surface area (Å²) in [5, 5.41) is 11.8. The Bertz CT molecular complexity index is 837. The van der Waals surface area contributed by atoms with Crippen molar-refractivity contribution in [3.05, 3.63) is 65.7 Å². The summed E-state index contributed by atoms with van der Waals surface area (Å²) in [5.41, 5.74) is 1.53. The minimum Gasteiger partial charge on any atom is -0.494 e. The van der Waals surface area contributed by atoms with E-state index in [4.69, 9.17) is 14.2 Å². The second-order valence-electron chi connectivity index (χ2n) is 6.70. The maximum atomic E-state index is 12.0. The van der Waals surface area contributed by atoms with E-state index in [9.17, 15) is 19.5 Å². The molecule has 0 heterocycles. The molecule has 1 amide bonds. The summed E-state index contributed by atoms with van der Waals surface area (Å²) < 4.78 is 15.5. The lowest BCUT2D eigenvalue weighted by Crippen LogP contribution is -2.42. The summed E-state index contributed by atoms with van der Waals surface area (Å²) >= 11 is 0. The second kappa shape index (κ2) is 12.9. The van der Waals surface area contributed by atoms with E-state index < -0.39 is 18.1 Å². The van der Waals surface area contributed by atoms with Gasteiger partial charge in [-0.25, -0.2) is 9.59 Å². The van der Waals surface area contributed by atoms with Gasteiger partial charge in [-0.2, -0.15) is 0 Å². The average molecular weight is 429 g/mol. The van der Waals surface area contributed by atoms with E-state index in [0.717, 1.165) is 11.1 Å². The number of carboxylic acids is 1. The lowest BCUT2D eigenvalue weighted by atomic mass is 10.1. The van der Waals surface area contributed by atoms with E-state index in [-0.39, 0.29) is 25.4 Å². The molecule has 2 aromatic rings. The first-order valence-electron chi connectivity index (χ1n) is 10.0. The van der Waals surface area contributed by atoms with Crippen LogP contribution >= 0.6 is 0 Å². The Hall–Kier alpha value is -3.55. The maximum absolute atomic E-state index is 12.0. The number of carbonyl (C=O) groups excluding carboxylic acids is 2. The molecule has 0 aliphatic carbocycles. The summed E-state index contributed by atoms with van der Waals surface area (Å²) in [7, 11) is 0. The van der Waals surface area contributed by atoms with E-state index >= 15 is 0 Å². The molecular weight excluding hydrogens is 402 g/mol. The predicted molar refractivity (Wildman–Crippen MR) is 113 cm³/mol. The fourth-order valence-corrected chi connectivity index (χ4v) is 2.70. The molecule has 0 saturated heterocycles. The molecule has 31 heavy (non-hydrogen) atoms. The van der Waals surface area contributed by atoms with E-state index in [1.54, 1.807) is 31.2 Å². The molecule has 8 nitrogen and oxygen atoms in total. The monoisotopic (exact) mass is 429 g/mol. The topological polar surface area (TPSA) is 111 Å². The average Bonchev–Trinajstić information content (AvgIpc) is 2.77. The Balaban J connectivity index is 1.78. The summed E-state index contributed by atoms with van der Waals surface area (Å²) in [6.07, 6.45) is 0.131. The molecule has 166 valence electrons. The fraction of sp³-hybridized carbons (Fsp3) is 0.348. The number of amides is 1. The van der Waals surface area contributed by atoms with Crippen LogP contribution < -0.4 is 10.1 Å². The number of carbonyl (C=O) groups is 3. The van der Waals surface area contributed by atoms with Gasteiger partial charge in [-0.15, -0.1) is 0 Å². The number of nitrogens with one attached hydrogen (secondary N) is 1. The molecule has 8 heteroatoms. The molecule has 0 radical (unpaired) electrons. The van der Waals surface area contributed by atoms with E-state index in [0.29, 0.717) is 25.4 Å². The van der Waals surface area contributed by atoms with Gasteiger partial charge in [-0.1, -0.05) is 42.5 Å². The van der Waals surface area contributed by atoms with Crippen LogP contribution in [0.4, 0.5) is 4.79 Å². The lowest BCUT2D eigenvalue weighted by Gasteiger charge is -2.15. The van der Waals surface area contributed by atoms with Gasteiger partial charge in [0.15, 0.2) is 0 Å². The van der Waals surface area contributed by atoms with E-state index in [1.807, 2.05) is 30.3 Å². The zero-order valence-electron chi connectivity index (χ0n) is 17.4. The molecular formula is C23H27NO7. The largest absolute Gasteiger partial charge is 0.494 e. The zero-order chi connectivity index (χ0) is 22.5. The Morgan fingerprint density at radius 2 is 1.68 bits per heavy atom. The van der Waals surface area contributed by atoms with Gasteiger partial charge in [-0.05, 0) is 36.6 Å². The Labute approximate surface area is 181 Å². The van der Waals surface area contributed by atoms with Crippen molar-refractivity contribution < 1.29 is 33.7 Å². The van der Waals surface area contributed by atoms with Gasteiger partial charge < -0.3 is 24.6 Å². The molecule has 0 aliphatic heterocycles. The highest BCUT2D eigenvalue weighted by atomic mass is 16.5. The Kier molecular flexibility index (Phi) is 9.87. The van der Waals surface area contributed by atoms with Gasteiger partial charge in [0.2, 0.25) is 0 Å². The third-order valence-electron chi connectivity index (χ3n) is 4.27. The van der Waals surface area contributed by atoms with Crippen LogP contribution in [0, 0.1) is 0 Å². The highest BCUT2D eigenvalue weighted by Crippen LogP contribution is 2.14. The SMILES string of the molecule is CCOC(=O)CCCOc1ccc(C[C@H](NC(=O)OCc2ccccc2)C(=O)O)cc1. The number of ether oxygens (including phenoxy) is 3. The van der Waals surface area contributed by atoms with Crippen LogP contribution in [-0.4, -0.2) is 42.4 Å². The van der Waals surface area contributed by atoms with Crippen LogP contribution in [0.1, 0.15) is 30.9 Å². The summed E-state index contributed by atoms with van der Waals surface area (Å²) in [4.78, 5) is 34.8. The first-order valence-corrected chi connectivity index (χ1v) is 10.0. The summed E-state index contributed by atoms with van der Waals surface area (Å²) in [6.45, 7) is 2.54. The molecule has 0 unspecified atom stereocenters. The van der Waals surface area contributed by atoms with Crippen molar-refractivity contribution in [2.75, 3.05) is 13.2 Å². The maximum Gasteiger partial charge on any atom is 0.408 e. The first kappa shape index (κ1) is 23.7. The molecule has 0 fully saturated rings. The number of alkyl carbamates (subject to hydrolysis) is 1. The molecule has 2 N–H and O–H groups in total. The van der Waals surface area contributed by atoms with Crippen LogP contribution in [0.5, 0.6) is 5.75 Å². The predicted octanol–water partition coefficient (Wildman–Crippen LogP) is 3.33. The minimum absolute atomic E-state index is 0.0568. The highest BCUT2D eigenvalue weighted by Gasteiger charge is 2.21. The van der Waals surface area contributed by atoms with Gasteiger partial charge in [0, 0.05) is 12.8 Å². The number of hydrogen-bond acceptors (Lipinski definition) is 6. The lowest BCUT2D eigenvalue weighted by molar-refractivity contribution is -0.143. The summed E-state index contributed by atoms with van der Waals surface area (Å²) in [5.74, 6) is -0.804. The number of carboxylic acid groups (broad SMARTS) is 1. The normalized spacial score (nSPS) is 11.3. The quantitative estimate of drug-likeness (QED) is 0.393. The van der Waals surface area contributed by atoms with Crippen LogP contribution in [0.3, 0.4) is 0 Å². The third kappa shape index (κ3) is 9.20. The van der Waals surface area contributed by atoms with Crippen molar-refractivity contribution in [1.82, 2.24) is 5.32 Å². The molecule has 0 aromatic heterocycles. The van der Waals surface area contributed by atoms with Crippen molar-refractivity contribution in [1.29, 1.82) is 0 Å². The van der Waals surface area contributed by atoms with Gasteiger partial charge >= 0.3 is 18.0 Å². The van der Waals surface area contributed by atoms with E-state index in [2.05, 4.69) is 5.32 Å². The third-order valence-corrected chi connectivity index (χ3v) is 4.27. The van der Waals surface area contributed by atoms with Gasteiger partial charge in [0.1, 0.15) is 18.4 Å². The summed E-state index contributed by atoms with van der Waals surface area (Å²) in [6, 6.07) is 14.9. The highest BCUT2D eigenvalue weighted by molar-refractivity contribution is 5.80. The van der Waals surface area contributed by atoms with Crippen molar-refractivity contribution in [2.24, 2.45) is 0 Å². The minimum atomic E-state index is -1.16. The molecule has 0 spiro atoms. The van der Waals surface area contributed by atoms with Crippen molar-refractivity contribution >= 4 is 18.0 Å². The number of hydrogen-bond donors (Lipinski definition) is 2. The number of benzene rings is 2. The van der Waals surface area contributed by atoms with Crippen molar-refractivity contribution in [2.45, 2.75) is 38.8 Å². The Morgan fingerprint density at radius 1 is 0.968 bits per heavy atom. The molecule has 2 rings (SSSR count). The molecule has 0 bridgehead atoms. The second-order valence-corrected chi connectivity index (χ2v) is 6.70. The van der Waals surface area contributed by atoms with Crippen LogP contribution in [0.15, 0.2) is 54.6 Å². The first-order chi connectivity index (χ1) is 15.0. The molecule has 0 saturated carbocycles. The number of rotatable bonds is 12. The molecule has 1 atom stereocenters. The van der Waals surface area contributed by atoms with Gasteiger partial charge in [0.25, 0.3) is 0 Å². The molecule has 2 aromatic carbocycles. The van der Waals surface area contributed by atoms with Crippen molar-refractivity contribution in [3.63, 3.8) is 0 Å². The fourth-order valence-electron chi connectivity index (χ4n) is 2.70. The smallest absolute Gasteiger partial charge is 0.408 e. The zero-order valence-corrected chi connectivity index (χ0v) is 17.4. The van der Waals surface area contributed by atoms with Crippen LogP contribution in [0.25, 0.3) is 0 Å².